The molecule has 0 bridgehead atoms. The molecule has 1 fully saturated rings. The van der Waals surface area contributed by atoms with Gasteiger partial charge in [0.25, 0.3) is 0 Å². The van der Waals surface area contributed by atoms with Crippen LogP contribution in [0.1, 0.15) is 59.3 Å². The highest BCUT2D eigenvalue weighted by atomic mass is 16.1. The summed E-state index contributed by atoms with van der Waals surface area (Å²) in [6.45, 7) is 9.21. The van der Waals surface area contributed by atoms with E-state index in [1.807, 2.05) is 6.07 Å². The van der Waals surface area contributed by atoms with Crippen molar-refractivity contribution in [2.45, 2.75) is 65.3 Å². The molecule has 0 radical (unpaired) electrons. The number of anilines is 2. The average Bonchev–Trinajstić information content (AvgIpc) is 2.65. The fraction of sp³-hybridized carbons (Fsp3) is 0.737. The maximum atomic E-state index is 12.0. The van der Waals surface area contributed by atoms with Crippen LogP contribution in [0.2, 0.25) is 0 Å². The highest BCUT2D eigenvalue weighted by molar-refractivity contribution is 5.76. The third-order valence-corrected chi connectivity index (χ3v) is 4.85. The summed E-state index contributed by atoms with van der Waals surface area (Å²) in [4.78, 5) is 23.1. The number of nitrogens with zero attached hydrogens (tertiary/aromatic N) is 3. The molecule has 1 saturated heterocycles. The monoisotopic (exact) mass is 347 g/mol. The van der Waals surface area contributed by atoms with Crippen LogP contribution in [0.3, 0.4) is 0 Å². The van der Waals surface area contributed by atoms with E-state index in [0.717, 1.165) is 57.0 Å². The topological polar surface area (TPSA) is 70.2 Å². The summed E-state index contributed by atoms with van der Waals surface area (Å²) in [5, 5.41) is 6.38. The van der Waals surface area contributed by atoms with Gasteiger partial charge in [0.05, 0.1) is 0 Å². The Hall–Kier alpha value is -1.85. The number of rotatable bonds is 9. The lowest BCUT2D eigenvalue weighted by Crippen LogP contribution is -2.37. The summed E-state index contributed by atoms with van der Waals surface area (Å²) in [6, 6.07) is 2.30. The van der Waals surface area contributed by atoms with Crippen LogP contribution in [-0.4, -0.2) is 41.6 Å². The molecule has 1 aliphatic heterocycles. The van der Waals surface area contributed by atoms with E-state index in [0.29, 0.717) is 12.3 Å². The summed E-state index contributed by atoms with van der Waals surface area (Å²) >= 11 is 0. The molecule has 0 saturated carbocycles. The van der Waals surface area contributed by atoms with E-state index in [1.54, 1.807) is 6.33 Å². The SMILES string of the molecule is CCCNc1cc(N2CCC[C@@H](CCC(=O)N[C@H](C)CC)C2)ncn1. The van der Waals surface area contributed by atoms with Crippen molar-refractivity contribution < 1.29 is 4.79 Å². The first-order valence-corrected chi connectivity index (χ1v) is 9.72. The number of carbonyl (C=O) groups is 1. The van der Waals surface area contributed by atoms with Crippen LogP contribution >= 0.6 is 0 Å². The highest BCUT2D eigenvalue weighted by Gasteiger charge is 2.22. The first-order valence-electron chi connectivity index (χ1n) is 9.72. The highest BCUT2D eigenvalue weighted by Crippen LogP contribution is 2.25. The molecule has 0 unspecified atom stereocenters. The molecule has 1 amide bonds. The van der Waals surface area contributed by atoms with Gasteiger partial charge in [-0.3, -0.25) is 4.79 Å². The molecular weight excluding hydrogens is 314 g/mol. The van der Waals surface area contributed by atoms with Crippen LogP contribution in [-0.2, 0) is 4.79 Å². The van der Waals surface area contributed by atoms with Crippen LogP contribution in [0, 0.1) is 5.92 Å². The fourth-order valence-corrected chi connectivity index (χ4v) is 3.16. The van der Waals surface area contributed by atoms with Gasteiger partial charge in [-0.1, -0.05) is 13.8 Å². The summed E-state index contributed by atoms with van der Waals surface area (Å²) in [6.07, 6.45) is 7.60. The zero-order chi connectivity index (χ0) is 18.1. The summed E-state index contributed by atoms with van der Waals surface area (Å²) in [5.41, 5.74) is 0. The number of hydrogen-bond donors (Lipinski definition) is 2. The molecule has 2 heterocycles. The summed E-state index contributed by atoms with van der Waals surface area (Å²) in [7, 11) is 0. The van der Waals surface area contributed by atoms with E-state index in [1.165, 1.54) is 6.42 Å². The molecule has 1 aromatic heterocycles. The predicted molar refractivity (Wildman–Crippen MR) is 103 cm³/mol. The van der Waals surface area contributed by atoms with Crippen LogP contribution in [0.5, 0.6) is 0 Å². The van der Waals surface area contributed by atoms with Crippen LogP contribution in [0.4, 0.5) is 11.6 Å². The number of piperidine rings is 1. The Labute approximate surface area is 151 Å². The van der Waals surface area contributed by atoms with Gasteiger partial charge in [-0.2, -0.15) is 0 Å². The van der Waals surface area contributed by atoms with Crippen molar-refractivity contribution in [3.63, 3.8) is 0 Å². The maximum absolute atomic E-state index is 12.0. The maximum Gasteiger partial charge on any atom is 0.220 e. The van der Waals surface area contributed by atoms with Gasteiger partial charge in [0.2, 0.25) is 5.91 Å². The van der Waals surface area contributed by atoms with E-state index < -0.39 is 0 Å². The lowest BCUT2D eigenvalue weighted by molar-refractivity contribution is -0.122. The molecule has 2 N–H and O–H groups in total. The number of carbonyl (C=O) groups excluding carboxylic acids is 1. The molecule has 2 rings (SSSR count). The minimum absolute atomic E-state index is 0.180. The first kappa shape index (κ1) is 19.5. The normalized spacial score (nSPS) is 18.7. The second-order valence-electron chi connectivity index (χ2n) is 7.06. The lowest BCUT2D eigenvalue weighted by Gasteiger charge is -2.33. The molecule has 0 aliphatic carbocycles. The van der Waals surface area contributed by atoms with E-state index in [2.05, 4.69) is 46.3 Å². The Bertz CT molecular complexity index is 536. The Morgan fingerprint density at radius 2 is 2.24 bits per heavy atom. The molecule has 0 spiro atoms. The first-order chi connectivity index (χ1) is 12.1. The van der Waals surface area contributed by atoms with Crippen LogP contribution < -0.4 is 15.5 Å². The van der Waals surface area contributed by atoms with E-state index in [4.69, 9.17) is 0 Å². The van der Waals surface area contributed by atoms with Gasteiger partial charge in [0, 0.05) is 38.2 Å². The largest absolute Gasteiger partial charge is 0.370 e. The van der Waals surface area contributed by atoms with Crippen molar-refractivity contribution in [2.75, 3.05) is 29.9 Å². The second-order valence-corrected chi connectivity index (χ2v) is 7.06. The molecule has 25 heavy (non-hydrogen) atoms. The third kappa shape index (κ3) is 6.52. The average molecular weight is 348 g/mol. The van der Waals surface area contributed by atoms with Crippen molar-refractivity contribution in [2.24, 2.45) is 5.92 Å². The van der Waals surface area contributed by atoms with Crippen molar-refractivity contribution in [1.29, 1.82) is 0 Å². The van der Waals surface area contributed by atoms with Crippen molar-refractivity contribution in [1.82, 2.24) is 15.3 Å². The number of aromatic nitrogens is 2. The van der Waals surface area contributed by atoms with Gasteiger partial charge in [-0.25, -0.2) is 9.97 Å². The Balaban J connectivity index is 1.85. The second kappa shape index (κ2) is 10.2. The third-order valence-electron chi connectivity index (χ3n) is 4.85. The Morgan fingerprint density at radius 1 is 1.40 bits per heavy atom. The lowest BCUT2D eigenvalue weighted by atomic mass is 9.93. The van der Waals surface area contributed by atoms with Gasteiger partial charge >= 0.3 is 0 Å². The van der Waals surface area contributed by atoms with E-state index >= 15 is 0 Å². The van der Waals surface area contributed by atoms with Crippen molar-refractivity contribution in [3.05, 3.63) is 12.4 Å². The van der Waals surface area contributed by atoms with Crippen LogP contribution in [0.15, 0.2) is 12.4 Å². The number of amides is 1. The molecule has 1 aromatic rings. The molecular formula is C19H33N5O. The van der Waals surface area contributed by atoms with Gasteiger partial charge in [-0.05, 0) is 44.9 Å². The quantitative estimate of drug-likeness (QED) is 0.718. The summed E-state index contributed by atoms with van der Waals surface area (Å²) in [5.74, 6) is 2.61. The predicted octanol–water partition coefficient (Wildman–Crippen LogP) is 3.21. The smallest absolute Gasteiger partial charge is 0.220 e. The Kier molecular flexibility index (Phi) is 7.95. The molecule has 6 nitrogen and oxygen atoms in total. The minimum atomic E-state index is 0.180. The molecule has 6 heteroatoms. The van der Waals surface area contributed by atoms with Gasteiger partial charge in [0.15, 0.2) is 0 Å². The number of nitrogens with one attached hydrogen (secondary N) is 2. The van der Waals surface area contributed by atoms with Gasteiger partial charge in [-0.15, -0.1) is 0 Å². The standard InChI is InChI=1S/C19H33N5O/c1-4-10-20-17-12-18(22-14-21-17)24-11-6-7-16(13-24)8-9-19(25)23-15(3)5-2/h12,14-16H,4-11,13H2,1-3H3,(H,23,25)(H,20,21,22)/t15-,16+/m1/s1. The molecule has 1 aliphatic rings. The fourth-order valence-electron chi connectivity index (χ4n) is 3.16. The van der Waals surface area contributed by atoms with Gasteiger partial charge in [0.1, 0.15) is 18.0 Å². The molecule has 2 atom stereocenters. The Morgan fingerprint density at radius 3 is 3.00 bits per heavy atom. The minimum Gasteiger partial charge on any atom is -0.370 e. The van der Waals surface area contributed by atoms with E-state index in [9.17, 15) is 4.79 Å². The molecule has 140 valence electrons. The molecule has 0 aromatic carbocycles. The van der Waals surface area contributed by atoms with Crippen molar-refractivity contribution >= 4 is 17.5 Å². The summed E-state index contributed by atoms with van der Waals surface area (Å²) < 4.78 is 0. The van der Waals surface area contributed by atoms with Gasteiger partial charge < -0.3 is 15.5 Å². The van der Waals surface area contributed by atoms with Crippen LogP contribution in [0.25, 0.3) is 0 Å². The van der Waals surface area contributed by atoms with E-state index in [-0.39, 0.29) is 11.9 Å². The number of hydrogen-bond acceptors (Lipinski definition) is 5. The zero-order valence-electron chi connectivity index (χ0n) is 15.9. The van der Waals surface area contributed by atoms with Crippen molar-refractivity contribution in [3.8, 4) is 0 Å². The zero-order valence-corrected chi connectivity index (χ0v) is 15.9.